The number of hydrogen-bond acceptors (Lipinski definition) is 2. The van der Waals surface area contributed by atoms with E-state index < -0.39 is 0 Å². The van der Waals surface area contributed by atoms with Gasteiger partial charge in [-0.25, -0.2) is 0 Å². The molecule has 0 aromatic rings. The minimum atomic E-state index is -0.118. The van der Waals surface area contributed by atoms with Crippen molar-refractivity contribution in [2.75, 3.05) is 0 Å². The Morgan fingerprint density at radius 2 is 2.27 bits per heavy atom. The number of rotatable bonds is 2. The number of carbonyl (C=O) groups is 2. The maximum atomic E-state index is 10.4. The van der Waals surface area contributed by atoms with Gasteiger partial charge in [-0.15, -0.1) is 9.24 Å². The van der Waals surface area contributed by atoms with Crippen LogP contribution in [0.5, 0.6) is 0 Å². The zero-order valence-electron chi connectivity index (χ0n) is 5.99. The molecule has 1 rings (SSSR count). The first-order chi connectivity index (χ1) is 5.26. The predicted octanol–water partition coefficient (Wildman–Crippen LogP) is 1.09. The monoisotopic (exact) mass is 168 g/mol. The summed E-state index contributed by atoms with van der Waals surface area (Å²) in [4.78, 5) is 20.7. The van der Waals surface area contributed by atoms with Gasteiger partial charge in [0.05, 0.1) is 0 Å². The Balaban J connectivity index is 2.82. The first kappa shape index (κ1) is 8.35. The van der Waals surface area contributed by atoms with Crippen LogP contribution in [-0.2, 0) is 9.59 Å². The first-order valence-corrected chi connectivity index (χ1v) is 3.92. The van der Waals surface area contributed by atoms with E-state index in [4.69, 9.17) is 0 Å². The molecule has 11 heavy (non-hydrogen) atoms. The molecule has 0 aliphatic heterocycles. The fraction of sp³-hybridized carbons (Fsp3) is 0.250. The van der Waals surface area contributed by atoms with Gasteiger partial charge in [-0.1, -0.05) is 6.08 Å². The summed E-state index contributed by atoms with van der Waals surface area (Å²) in [6.45, 7) is 0. The third kappa shape index (κ3) is 2.09. The molecule has 3 heteroatoms. The lowest BCUT2D eigenvalue weighted by molar-refractivity contribution is -0.110. The van der Waals surface area contributed by atoms with Gasteiger partial charge in [0.15, 0.2) is 0 Å². The highest BCUT2D eigenvalue weighted by Crippen LogP contribution is 2.23. The molecule has 0 spiro atoms. The zero-order valence-corrected chi connectivity index (χ0v) is 7.14. The fourth-order valence-corrected chi connectivity index (χ4v) is 1.53. The topological polar surface area (TPSA) is 34.1 Å². The minimum absolute atomic E-state index is 0.118. The number of hydrogen-bond donors (Lipinski definition) is 0. The highest BCUT2D eigenvalue weighted by molar-refractivity contribution is 7.22. The summed E-state index contributed by atoms with van der Waals surface area (Å²) in [6.07, 6.45) is 5.82. The lowest BCUT2D eigenvalue weighted by atomic mass is 9.96. The van der Waals surface area contributed by atoms with Crippen LogP contribution in [0.15, 0.2) is 23.0 Å². The van der Waals surface area contributed by atoms with Gasteiger partial charge in [-0.2, -0.15) is 0 Å². The van der Waals surface area contributed by atoms with Gasteiger partial charge in [-0.05, 0) is 23.4 Å². The van der Waals surface area contributed by atoms with E-state index >= 15 is 0 Å². The van der Waals surface area contributed by atoms with Gasteiger partial charge in [0.25, 0.3) is 0 Å². The maximum absolute atomic E-state index is 10.4. The molecule has 1 aliphatic carbocycles. The Morgan fingerprint density at radius 3 is 2.82 bits per heavy atom. The largest absolute Gasteiger partial charge is 0.303 e. The van der Waals surface area contributed by atoms with E-state index in [1.165, 1.54) is 0 Å². The van der Waals surface area contributed by atoms with Crippen molar-refractivity contribution in [3.8, 4) is 0 Å². The van der Waals surface area contributed by atoms with Gasteiger partial charge >= 0.3 is 0 Å². The van der Waals surface area contributed by atoms with Crippen LogP contribution in [0.2, 0.25) is 0 Å². The summed E-state index contributed by atoms with van der Waals surface area (Å²) in [5.74, 6) is -0.118. The molecular weight excluding hydrogens is 159 g/mol. The van der Waals surface area contributed by atoms with Crippen molar-refractivity contribution < 1.29 is 9.59 Å². The second-order valence-electron chi connectivity index (χ2n) is 2.51. The van der Waals surface area contributed by atoms with E-state index in [1.807, 2.05) is 6.08 Å². The summed E-state index contributed by atoms with van der Waals surface area (Å²) in [5, 5.41) is 0.912. The van der Waals surface area contributed by atoms with Crippen molar-refractivity contribution in [1.82, 2.24) is 0 Å². The molecule has 0 aromatic heterocycles. The van der Waals surface area contributed by atoms with Crippen molar-refractivity contribution in [1.29, 1.82) is 0 Å². The molecule has 2 atom stereocenters. The van der Waals surface area contributed by atoms with Gasteiger partial charge in [-0.3, -0.25) is 4.79 Å². The first-order valence-electron chi connectivity index (χ1n) is 3.34. The fourth-order valence-electron chi connectivity index (χ4n) is 1.07. The van der Waals surface area contributed by atoms with Crippen molar-refractivity contribution in [2.24, 2.45) is 5.92 Å². The van der Waals surface area contributed by atoms with E-state index in [0.29, 0.717) is 12.0 Å². The average Bonchev–Trinajstić information content (AvgIpc) is 2.03. The summed E-state index contributed by atoms with van der Waals surface area (Å²) >= 11 is 0. The SMILES string of the molecule is O=CC1=CC(P)=CC(C=O)C1. The zero-order chi connectivity index (χ0) is 8.27. The van der Waals surface area contributed by atoms with Gasteiger partial charge in [0.1, 0.15) is 12.6 Å². The maximum Gasteiger partial charge on any atom is 0.146 e. The molecule has 0 aromatic carbocycles. The summed E-state index contributed by atoms with van der Waals surface area (Å²) in [6, 6.07) is 0. The van der Waals surface area contributed by atoms with E-state index in [1.54, 1.807) is 6.08 Å². The lowest BCUT2D eigenvalue weighted by Crippen LogP contribution is -2.05. The molecule has 2 unspecified atom stereocenters. The van der Waals surface area contributed by atoms with Crippen LogP contribution in [-0.4, -0.2) is 12.6 Å². The van der Waals surface area contributed by atoms with E-state index in [-0.39, 0.29) is 5.92 Å². The third-order valence-corrected chi connectivity index (χ3v) is 1.92. The minimum Gasteiger partial charge on any atom is -0.303 e. The van der Waals surface area contributed by atoms with Crippen molar-refractivity contribution in [2.45, 2.75) is 6.42 Å². The Morgan fingerprint density at radius 1 is 1.55 bits per heavy atom. The average molecular weight is 168 g/mol. The highest BCUT2D eigenvalue weighted by atomic mass is 31.0. The molecule has 0 saturated carbocycles. The van der Waals surface area contributed by atoms with Crippen LogP contribution in [0.1, 0.15) is 6.42 Å². The molecule has 0 saturated heterocycles. The van der Waals surface area contributed by atoms with Gasteiger partial charge in [0.2, 0.25) is 0 Å². The normalized spacial score (nSPS) is 23.5. The molecule has 1 aliphatic rings. The van der Waals surface area contributed by atoms with E-state index in [9.17, 15) is 9.59 Å². The van der Waals surface area contributed by atoms with Crippen LogP contribution in [0.25, 0.3) is 0 Å². The van der Waals surface area contributed by atoms with Crippen LogP contribution in [0.4, 0.5) is 0 Å². The summed E-state index contributed by atoms with van der Waals surface area (Å²) < 4.78 is 0. The molecule has 0 N–H and O–H groups in total. The molecule has 0 heterocycles. The second-order valence-corrected chi connectivity index (χ2v) is 3.17. The Hall–Kier alpha value is -0.750. The molecule has 2 nitrogen and oxygen atoms in total. The van der Waals surface area contributed by atoms with E-state index in [0.717, 1.165) is 17.9 Å². The van der Waals surface area contributed by atoms with Crippen molar-refractivity contribution in [3.05, 3.63) is 23.0 Å². The predicted molar refractivity (Wildman–Crippen MR) is 46.1 cm³/mol. The smallest absolute Gasteiger partial charge is 0.146 e. The Bertz CT molecular complexity index is 240. The Labute approximate surface area is 67.6 Å². The molecule has 0 radical (unpaired) electrons. The summed E-state index contributed by atoms with van der Waals surface area (Å²) in [7, 11) is 2.48. The highest BCUT2D eigenvalue weighted by Gasteiger charge is 2.11. The standard InChI is InChI=1S/C8H9O2P/c9-4-6-1-7(5-10)3-8(11)2-6/h2-6H,1,11H2. The van der Waals surface area contributed by atoms with E-state index in [2.05, 4.69) is 9.24 Å². The van der Waals surface area contributed by atoms with Crippen molar-refractivity contribution >= 4 is 21.8 Å². The lowest BCUT2D eigenvalue weighted by Gasteiger charge is -2.11. The quantitative estimate of drug-likeness (QED) is 0.457. The van der Waals surface area contributed by atoms with Crippen molar-refractivity contribution in [3.63, 3.8) is 0 Å². The van der Waals surface area contributed by atoms with Gasteiger partial charge in [0, 0.05) is 5.92 Å². The molecule has 0 bridgehead atoms. The third-order valence-electron chi connectivity index (χ3n) is 1.56. The molecule has 0 fully saturated rings. The molecule has 0 amide bonds. The number of carbonyl (C=O) groups excluding carboxylic acids is 2. The molecular formula is C8H9O2P. The second kappa shape index (κ2) is 3.59. The molecule has 58 valence electrons. The number of allylic oxidation sites excluding steroid dienone is 4. The summed E-state index contributed by atoms with van der Waals surface area (Å²) in [5.41, 5.74) is 0.689. The number of aldehydes is 2. The van der Waals surface area contributed by atoms with Crippen LogP contribution >= 0.6 is 9.24 Å². The Kier molecular flexibility index (Phi) is 2.72. The van der Waals surface area contributed by atoms with Gasteiger partial charge < -0.3 is 4.79 Å². The van der Waals surface area contributed by atoms with Crippen LogP contribution in [0.3, 0.4) is 0 Å². The van der Waals surface area contributed by atoms with Crippen LogP contribution in [0, 0.1) is 5.92 Å². The van der Waals surface area contributed by atoms with Crippen LogP contribution < -0.4 is 0 Å².